The van der Waals surface area contributed by atoms with Gasteiger partial charge >= 0.3 is 0 Å². The summed E-state index contributed by atoms with van der Waals surface area (Å²) < 4.78 is 0. The lowest BCUT2D eigenvalue weighted by molar-refractivity contribution is -0.133. The minimum atomic E-state index is -0.368. The monoisotopic (exact) mass is 570 g/mol. The van der Waals surface area contributed by atoms with Gasteiger partial charge in [0.1, 0.15) is 0 Å². The van der Waals surface area contributed by atoms with Crippen LogP contribution in [-0.2, 0) is 11.3 Å². The smallest absolute Gasteiger partial charge is 0.251 e. The molecular formula is C26H30Cl4N4O2. The van der Waals surface area contributed by atoms with E-state index in [1.54, 1.807) is 24.3 Å². The number of piperidine rings is 1. The zero-order valence-electron chi connectivity index (χ0n) is 19.9. The Morgan fingerprint density at radius 3 is 2.36 bits per heavy atom. The minimum Gasteiger partial charge on any atom is -0.350 e. The van der Waals surface area contributed by atoms with Crippen molar-refractivity contribution in [2.75, 3.05) is 32.7 Å². The molecule has 0 aromatic heterocycles. The number of rotatable bonds is 7. The van der Waals surface area contributed by atoms with Crippen LogP contribution in [0.5, 0.6) is 0 Å². The summed E-state index contributed by atoms with van der Waals surface area (Å²) >= 11 is 24.4. The van der Waals surface area contributed by atoms with Crippen molar-refractivity contribution in [2.24, 2.45) is 0 Å². The summed E-state index contributed by atoms with van der Waals surface area (Å²) in [7, 11) is 0. The average molecular weight is 572 g/mol. The van der Waals surface area contributed by atoms with Crippen molar-refractivity contribution in [1.82, 2.24) is 20.4 Å². The Balaban J connectivity index is 1.45. The van der Waals surface area contributed by atoms with Crippen LogP contribution in [0.3, 0.4) is 0 Å². The number of likely N-dealkylation sites (tertiary alicyclic amines) is 1. The third-order valence-electron chi connectivity index (χ3n) is 6.67. The molecule has 0 radical (unpaired) electrons. The van der Waals surface area contributed by atoms with Crippen LogP contribution in [0.1, 0.15) is 41.6 Å². The number of hydrogen-bond acceptors (Lipinski definition) is 4. The highest BCUT2D eigenvalue weighted by atomic mass is 35.5. The zero-order chi connectivity index (χ0) is 25.7. The van der Waals surface area contributed by atoms with E-state index in [4.69, 9.17) is 46.4 Å². The maximum absolute atomic E-state index is 13.6. The van der Waals surface area contributed by atoms with Crippen LogP contribution in [0.25, 0.3) is 0 Å². The Bertz CT molecular complexity index is 1070. The van der Waals surface area contributed by atoms with Gasteiger partial charge in [-0.25, -0.2) is 0 Å². The molecule has 6 nitrogen and oxygen atoms in total. The number of nitrogens with one attached hydrogen (secondary N) is 2. The molecule has 0 aliphatic carbocycles. The van der Waals surface area contributed by atoms with Crippen LogP contribution in [0, 0.1) is 0 Å². The highest BCUT2D eigenvalue weighted by molar-refractivity contribution is 6.42. The first kappa shape index (κ1) is 27.5. The van der Waals surface area contributed by atoms with Crippen LogP contribution in [0.4, 0.5) is 0 Å². The van der Waals surface area contributed by atoms with Crippen molar-refractivity contribution in [1.29, 1.82) is 0 Å². The molecule has 194 valence electrons. The van der Waals surface area contributed by atoms with Crippen molar-refractivity contribution >= 4 is 58.2 Å². The predicted molar refractivity (Wildman–Crippen MR) is 146 cm³/mol. The molecule has 2 aromatic carbocycles. The number of halogens is 4. The summed E-state index contributed by atoms with van der Waals surface area (Å²) in [6.07, 6.45) is 4.22. The van der Waals surface area contributed by atoms with E-state index in [0.29, 0.717) is 58.3 Å². The number of carbonyl (C=O) groups excluding carboxylic acids is 2. The third-order valence-corrected chi connectivity index (χ3v) is 7.85. The predicted octanol–water partition coefficient (Wildman–Crippen LogP) is 5.28. The van der Waals surface area contributed by atoms with Gasteiger partial charge in [-0.15, -0.1) is 0 Å². The van der Waals surface area contributed by atoms with Crippen LogP contribution in [-0.4, -0.2) is 66.4 Å². The Kier molecular flexibility index (Phi) is 9.78. The van der Waals surface area contributed by atoms with Gasteiger partial charge < -0.3 is 20.4 Å². The number of nitrogens with zero attached hydrogens (tertiary/aromatic N) is 2. The Morgan fingerprint density at radius 2 is 1.67 bits per heavy atom. The molecule has 2 aromatic rings. The fourth-order valence-corrected chi connectivity index (χ4v) is 5.68. The van der Waals surface area contributed by atoms with E-state index < -0.39 is 0 Å². The van der Waals surface area contributed by atoms with Gasteiger partial charge in [0.2, 0.25) is 5.91 Å². The molecule has 2 N–H and O–H groups in total. The lowest BCUT2D eigenvalue weighted by Gasteiger charge is -2.32. The molecule has 2 aliphatic heterocycles. The van der Waals surface area contributed by atoms with E-state index >= 15 is 0 Å². The number of carbonyl (C=O) groups is 2. The van der Waals surface area contributed by atoms with E-state index in [9.17, 15) is 9.59 Å². The summed E-state index contributed by atoms with van der Waals surface area (Å²) in [5, 5.41) is 8.34. The molecule has 2 saturated heterocycles. The Morgan fingerprint density at radius 1 is 0.944 bits per heavy atom. The highest BCUT2D eigenvalue weighted by Gasteiger charge is 2.32. The fraction of sp³-hybridized carbons (Fsp3) is 0.462. The molecule has 10 heteroatoms. The van der Waals surface area contributed by atoms with Crippen LogP contribution in [0.15, 0.2) is 36.4 Å². The van der Waals surface area contributed by atoms with Gasteiger partial charge in [-0.1, -0.05) is 52.8 Å². The minimum absolute atomic E-state index is 0.0509. The third kappa shape index (κ3) is 7.50. The normalized spacial score (nSPS) is 21.3. The van der Waals surface area contributed by atoms with Gasteiger partial charge in [-0.3, -0.25) is 9.59 Å². The van der Waals surface area contributed by atoms with E-state index in [1.807, 2.05) is 17.0 Å². The van der Waals surface area contributed by atoms with Crippen LogP contribution in [0.2, 0.25) is 20.1 Å². The van der Waals surface area contributed by atoms with Crippen LogP contribution < -0.4 is 10.6 Å². The standard InChI is InChI=1S/C26H30Cl4N4O2/c27-19-10-17(11-20(28)13-19)15-34-9-6-21(14-31-25(35)18-4-5-22(29)23(30)12-18)32-24(26(34)36)16-33-7-2-1-3-8-33/h4-5,10-13,21,24,32H,1-3,6-9,14-16H2,(H,31,35)/t21-,24?/m0/s1. The van der Waals surface area contributed by atoms with E-state index in [0.717, 1.165) is 31.5 Å². The SMILES string of the molecule is O=C(NC[C@@H]1CCN(Cc2cc(Cl)cc(Cl)c2)C(=O)C(CN2CCCCC2)N1)c1ccc(Cl)c(Cl)c1. The van der Waals surface area contributed by atoms with Crippen LogP contribution >= 0.6 is 46.4 Å². The van der Waals surface area contributed by atoms with Crippen molar-refractivity contribution in [2.45, 2.75) is 44.3 Å². The van der Waals surface area contributed by atoms with Crippen molar-refractivity contribution in [3.8, 4) is 0 Å². The molecule has 2 aliphatic rings. The molecule has 2 fully saturated rings. The molecule has 0 saturated carbocycles. The number of benzene rings is 2. The van der Waals surface area contributed by atoms with Crippen molar-refractivity contribution in [3.63, 3.8) is 0 Å². The largest absolute Gasteiger partial charge is 0.350 e. The molecule has 4 rings (SSSR count). The topological polar surface area (TPSA) is 64.7 Å². The first-order chi connectivity index (χ1) is 17.3. The van der Waals surface area contributed by atoms with Gasteiger partial charge in [-0.05, 0) is 74.3 Å². The fourth-order valence-electron chi connectivity index (χ4n) is 4.81. The number of hydrogen-bond donors (Lipinski definition) is 2. The lowest BCUT2D eigenvalue weighted by Crippen LogP contribution is -2.54. The molecule has 0 spiro atoms. The summed E-state index contributed by atoms with van der Waals surface area (Å²) in [6, 6.07) is 9.74. The maximum atomic E-state index is 13.6. The summed E-state index contributed by atoms with van der Waals surface area (Å²) in [5.74, 6) is -0.182. The molecule has 2 heterocycles. The van der Waals surface area contributed by atoms with E-state index in [1.165, 1.54) is 6.42 Å². The Hall–Kier alpha value is -1.54. The first-order valence-corrected chi connectivity index (χ1v) is 13.7. The second-order valence-corrected chi connectivity index (χ2v) is 11.1. The van der Waals surface area contributed by atoms with Gasteiger partial charge in [-0.2, -0.15) is 0 Å². The lowest BCUT2D eigenvalue weighted by atomic mass is 10.1. The molecule has 36 heavy (non-hydrogen) atoms. The van der Waals surface area contributed by atoms with E-state index in [-0.39, 0.29) is 23.9 Å². The molecular weight excluding hydrogens is 542 g/mol. The molecule has 2 atom stereocenters. The Labute approximate surface area is 232 Å². The quantitative estimate of drug-likeness (QED) is 0.475. The van der Waals surface area contributed by atoms with E-state index in [2.05, 4.69) is 15.5 Å². The van der Waals surface area contributed by atoms with Gasteiger partial charge in [0.25, 0.3) is 5.91 Å². The molecule has 2 amide bonds. The average Bonchev–Trinajstić information content (AvgIpc) is 2.98. The van der Waals surface area contributed by atoms with Crippen molar-refractivity contribution in [3.05, 3.63) is 67.6 Å². The molecule has 0 bridgehead atoms. The summed E-state index contributed by atoms with van der Waals surface area (Å²) in [6.45, 7) is 4.00. The van der Waals surface area contributed by atoms with Crippen molar-refractivity contribution < 1.29 is 9.59 Å². The highest BCUT2D eigenvalue weighted by Crippen LogP contribution is 2.23. The number of amides is 2. The van der Waals surface area contributed by atoms with Gasteiger partial charge in [0, 0.05) is 47.8 Å². The summed E-state index contributed by atoms with van der Waals surface area (Å²) in [4.78, 5) is 30.6. The second kappa shape index (κ2) is 12.8. The second-order valence-electron chi connectivity index (χ2n) is 9.44. The van der Waals surface area contributed by atoms with Gasteiger partial charge in [0.15, 0.2) is 0 Å². The van der Waals surface area contributed by atoms with Gasteiger partial charge in [0.05, 0.1) is 16.1 Å². The zero-order valence-corrected chi connectivity index (χ0v) is 22.9. The first-order valence-electron chi connectivity index (χ1n) is 12.2. The maximum Gasteiger partial charge on any atom is 0.251 e. The summed E-state index contributed by atoms with van der Waals surface area (Å²) in [5.41, 5.74) is 1.34. The molecule has 1 unspecified atom stereocenters.